The van der Waals surface area contributed by atoms with Crippen molar-refractivity contribution in [1.29, 1.82) is 0 Å². The zero-order chi connectivity index (χ0) is 12.4. The summed E-state index contributed by atoms with van der Waals surface area (Å²) < 4.78 is 5.26. The van der Waals surface area contributed by atoms with E-state index >= 15 is 0 Å². The van der Waals surface area contributed by atoms with Crippen molar-refractivity contribution < 1.29 is 9.53 Å². The Hall–Kier alpha value is -0.610. The summed E-state index contributed by atoms with van der Waals surface area (Å²) in [5.74, 6) is 0.0342. The van der Waals surface area contributed by atoms with Gasteiger partial charge in [-0.2, -0.15) is 0 Å². The summed E-state index contributed by atoms with van der Waals surface area (Å²) in [6, 6.07) is 0.239. The summed E-state index contributed by atoms with van der Waals surface area (Å²) in [5, 5.41) is 3.07. The number of rotatable bonds is 3. The van der Waals surface area contributed by atoms with Crippen LogP contribution in [0.4, 0.5) is 0 Å². The van der Waals surface area contributed by atoms with Gasteiger partial charge in [-0.1, -0.05) is 0 Å². The molecule has 1 aliphatic heterocycles. The largest absolute Gasteiger partial charge is 0.381 e. The molecule has 0 saturated carbocycles. The number of hydrogen-bond donors (Lipinski definition) is 2. The average molecular weight is 228 g/mol. The molecule has 0 bridgehead atoms. The van der Waals surface area contributed by atoms with Crippen LogP contribution in [-0.4, -0.2) is 30.7 Å². The number of ether oxygens (including phenoxy) is 1. The average Bonchev–Trinajstić information content (AvgIpc) is 2.17. The molecule has 4 nitrogen and oxygen atoms in total. The van der Waals surface area contributed by atoms with Gasteiger partial charge in [0.25, 0.3) is 0 Å². The fourth-order valence-corrected chi connectivity index (χ4v) is 1.50. The molecule has 1 aliphatic rings. The summed E-state index contributed by atoms with van der Waals surface area (Å²) in [7, 11) is 0. The Bertz CT molecular complexity index is 250. The SMILES string of the molecule is CC(C)(N)C(C)(C)C(=O)NC1CCOCC1. The van der Waals surface area contributed by atoms with Crippen LogP contribution in [-0.2, 0) is 9.53 Å². The molecule has 1 amide bonds. The van der Waals surface area contributed by atoms with Crippen LogP contribution in [0, 0.1) is 5.41 Å². The van der Waals surface area contributed by atoms with E-state index < -0.39 is 11.0 Å². The van der Waals surface area contributed by atoms with Crippen molar-refractivity contribution in [2.75, 3.05) is 13.2 Å². The molecule has 0 aromatic carbocycles. The fourth-order valence-electron chi connectivity index (χ4n) is 1.50. The van der Waals surface area contributed by atoms with E-state index in [0.717, 1.165) is 26.1 Å². The summed E-state index contributed by atoms with van der Waals surface area (Å²) in [6.07, 6.45) is 1.79. The lowest BCUT2D eigenvalue weighted by molar-refractivity contribution is -0.133. The van der Waals surface area contributed by atoms with Crippen molar-refractivity contribution >= 4 is 5.91 Å². The summed E-state index contributed by atoms with van der Waals surface area (Å²) in [5.41, 5.74) is 4.94. The smallest absolute Gasteiger partial charge is 0.227 e. The first-order valence-electron chi connectivity index (χ1n) is 5.93. The van der Waals surface area contributed by atoms with Crippen molar-refractivity contribution in [2.24, 2.45) is 11.1 Å². The summed E-state index contributed by atoms with van der Waals surface area (Å²) in [6.45, 7) is 9.02. The molecule has 0 unspecified atom stereocenters. The molecular formula is C12H24N2O2. The highest BCUT2D eigenvalue weighted by Crippen LogP contribution is 2.28. The molecule has 0 radical (unpaired) electrons. The number of carbonyl (C=O) groups is 1. The third kappa shape index (κ3) is 2.95. The van der Waals surface area contributed by atoms with Crippen LogP contribution in [0.3, 0.4) is 0 Å². The molecule has 16 heavy (non-hydrogen) atoms. The van der Waals surface area contributed by atoms with Gasteiger partial charge in [0.1, 0.15) is 0 Å². The maximum atomic E-state index is 12.1. The summed E-state index contributed by atoms with van der Waals surface area (Å²) in [4.78, 5) is 12.1. The van der Waals surface area contributed by atoms with Crippen molar-refractivity contribution in [3.63, 3.8) is 0 Å². The Morgan fingerprint density at radius 3 is 2.19 bits per heavy atom. The highest BCUT2D eigenvalue weighted by atomic mass is 16.5. The molecule has 0 spiro atoms. The summed E-state index contributed by atoms with van der Waals surface area (Å²) >= 11 is 0. The number of amides is 1. The zero-order valence-electron chi connectivity index (χ0n) is 10.8. The van der Waals surface area contributed by atoms with Gasteiger partial charge in [-0.3, -0.25) is 4.79 Å². The lowest BCUT2D eigenvalue weighted by Gasteiger charge is -2.38. The third-order valence-corrected chi connectivity index (χ3v) is 3.74. The Kier molecular flexibility index (Phi) is 3.97. The molecule has 1 heterocycles. The van der Waals surface area contributed by atoms with E-state index in [0.29, 0.717) is 0 Å². The molecule has 0 aliphatic carbocycles. The molecule has 0 aromatic heterocycles. The minimum Gasteiger partial charge on any atom is -0.381 e. The second-order valence-corrected chi connectivity index (χ2v) is 5.71. The van der Waals surface area contributed by atoms with Crippen LogP contribution in [0.5, 0.6) is 0 Å². The van der Waals surface area contributed by atoms with Crippen LogP contribution in [0.2, 0.25) is 0 Å². The molecule has 4 heteroatoms. The Morgan fingerprint density at radius 2 is 1.75 bits per heavy atom. The molecular weight excluding hydrogens is 204 g/mol. The van der Waals surface area contributed by atoms with E-state index in [2.05, 4.69) is 5.32 Å². The first-order valence-corrected chi connectivity index (χ1v) is 5.93. The molecule has 1 saturated heterocycles. The topological polar surface area (TPSA) is 64.4 Å². The van der Waals surface area contributed by atoms with Gasteiger partial charge in [0, 0.05) is 24.8 Å². The number of hydrogen-bond acceptors (Lipinski definition) is 3. The predicted octanol–water partition coefficient (Wildman–Crippen LogP) is 1.05. The third-order valence-electron chi connectivity index (χ3n) is 3.74. The van der Waals surface area contributed by atoms with Crippen LogP contribution < -0.4 is 11.1 Å². The van der Waals surface area contributed by atoms with Crippen LogP contribution in [0.15, 0.2) is 0 Å². The number of nitrogens with one attached hydrogen (secondary N) is 1. The van der Waals surface area contributed by atoms with Gasteiger partial charge >= 0.3 is 0 Å². The van der Waals surface area contributed by atoms with Gasteiger partial charge in [-0.15, -0.1) is 0 Å². The molecule has 1 rings (SSSR count). The second-order valence-electron chi connectivity index (χ2n) is 5.71. The Morgan fingerprint density at radius 1 is 1.25 bits per heavy atom. The highest BCUT2D eigenvalue weighted by Gasteiger charge is 2.41. The maximum Gasteiger partial charge on any atom is 0.227 e. The quantitative estimate of drug-likeness (QED) is 0.758. The van der Waals surface area contributed by atoms with E-state index in [4.69, 9.17) is 10.5 Å². The fraction of sp³-hybridized carbons (Fsp3) is 0.917. The number of carbonyl (C=O) groups excluding carboxylic acids is 1. The van der Waals surface area contributed by atoms with Gasteiger partial charge in [0.15, 0.2) is 0 Å². The number of nitrogens with two attached hydrogens (primary N) is 1. The van der Waals surface area contributed by atoms with Crippen LogP contribution in [0.1, 0.15) is 40.5 Å². The molecule has 1 fully saturated rings. The van der Waals surface area contributed by atoms with Crippen molar-refractivity contribution in [1.82, 2.24) is 5.32 Å². The second kappa shape index (κ2) is 4.72. The highest BCUT2D eigenvalue weighted by molar-refractivity contribution is 5.83. The van der Waals surface area contributed by atoms with E-state index in [-0.39, 0.29) is 11.9 Å². The molecule has 94 valence electrons. The standard InChI is InChI=1S/C12H24N2O2/c1-11(2,12(3,4)13)10(15)14-9-5-7-16-8-6-9/h9H,5-8,13H2,1-4H3,(H,14,15). The maximum absolute atomic E-state index is 12.1. The van der Waals surface area contributed by atoms with Gasteiger partial charge in [0.2, 0.25) is 5.91 Å². The van der Waals surface area contributed by atoms with E-state index in [1.807, 2.05) is 27.7 Å². The lowest BCUT2D eigenvalue weighted by Crippen LogP contribution is -2.57. The van der Waals surface area contributed by atoms with Gasteiger partial charge in [0.05, 0.1) is 5.41 Å². The van der Waals surface area contributed by atoms with Crippen LogP contribution >= 0.6 is 0 Å². The van der Waals surface area contributed by atoms with Gasteiger partial charge < -0.3 is 15.8 Å². The predicted molar refractivity (Wildman–Crippen MR) is 64.0 cm³/mol. The first kappa shape index (κ1) is 13.5. The monoisotopic (exact) mass is 228 g/mol. The zero-order valence-corrected chi connectivity index (χ0v) is 10.8. The van der Waals surface area contributed by atoms with Crippen molar-refractivity contribution in [3.8, 4) is 0 Å². The first-order chi connectivity index (χ1) is 7.25. The van der Waals surface area contributed by atoms with E-state index in [9.17, 15) is 4.79 Å². The van der Waals surface area contributed by atoms with E-state index in [1.165, 1.54) is 0 Å². The molecule has 3 N–H and O–H groups in total. The van der Waals surface area contributed by atoms with E-state index in [1.54, 1.807) is 0 Å². The normalized spacial score (nSPS) is 19.6. The Balaban J connectivity index is 2.57. The minimum absolute atomic E-state index is 0.0342. The molecule has 0 atom stereocenters. The van der Waals surface area contributed by atoms with Gasteiger partial charge in [-0.25, -0.2) is 0 Å². The van der Waals surface area contributed by atoms with Crippen LogP contribution in [0.25, 0.3) is 0 Å². The molecule has 0 aromatic rings. The van der Waals surface area contributed by atoms with Crippen molar-refractivity contribution in [2.45, 2.75) is 52.1 Å². The van der Waals surface area contributed by atoms with Gasteiger partial charge in [-0.05, 0) is 40.5 Å². The van der Waals surface area contributed by atoms with Crippen molar-refractivity contribution in [3.05, 3.63) is 0 Å². The lowest BCUT2D eigenvalue weighted by atomic mass is 9.74. The minimum atomic E-state index is -0.564. The Labute approximate surface area is 97.9 Å².